The number of anilines is 1. The van der Waals surface area contributed by atoms with Crippen molar-refractivity contribution in [1.82, 2.24) is 4.57 Å². The zero-order valence-corrected chi connectivity index (χ0v) is 19.8. The summed E-state index contributed by atoms with van der Waals surface area (Å²) in [5.41, 5.74) is 5.85. The summed E-state index contributed by atoms with van der Waals surface area (Å²) in [7, 11) is 1.36. The topological polar surface area (TPSA) is 84.1 Å². The Hall–Kier alpha value is -4.63. The van der Waals surface area contributed by atoms with Crippen molar-refractivity contribution in [3.63, 3.8) is 0 Å². The van der Waals surface area contributed by atoms with Gasteiger partial charge in [0, 0.05) is 34.9 Å². The number of esters is 1. The van der Waals surface area contributed by atoms with Crippen molar-refractivity contribution >= 4 is 34.5 Å². The van der Waals surface area contributed by atoms with Gasteiger partial charge < -0.3 is 14.6 Å². The van der Waals surface area contributed by atoms with Gasteiger partial charge in [0.2, 0.25) is 0 Å². The van der Waals surface area contributed by atoms with Gasteiger partial charge in [0.25, 0.3) is 5.91 Å². The van der Waals surface area contributed by atoms with E-state index in [0.717, 1.165) is 33.2 Å². The zero-order chi connectivity index (χ0) is 24.9. The SMILES string of the molecule is COC(=O)c1cccc(Cn2cc(/C=C(/C#N)C(=O)Nc3cc(C)cc(C)c3)c3ccccc32)c1. The molecule has 6 nitrogen and oxygen atoms in total. The maximum absolute atomic E-state index is 12.9. The molecule has 0 radical (unpaired) electrons. The van der Waals surface area contributed by atoms with E-state index in [1.54, 1.807) is 18.2 Å². The van der Waals surface area contributed by atoms with Crippen LogP contribution in [0.4, 0.5) is 5.69 Å². The highest BCUT2D eigenvalue weighted by molar-refractivity contribution is 6.10. The Morgan fingerprint density at radius 1 is 1.03 bits per heavy atom. The third-order valence-corrected chi connectivity index (χ3v) is 5.66. The van der Waals surface area contributed by atoms with Crippen molar-refractivity contribution < 1.29 is 14.3 Å². The summed E-state index contributed by atoms with van der Waals surface area (Å²) < 4.78 is 6.86. The smallest absolute Gasteiger partial charge is 0.337 e. The van der Waals surface area contributed by atoms with Crippen LogP contribution in [0, 0.1) is 25.2 Å². The minimum Gasteiger partial charge on any atom is -0.465 e. The van der Waals surface area contributed by atoms with Gasteiger partial charge in [-0.15, -0.1) is 0 Å². The van der Waals surface area contributed by atoms with Crippen molar-refractivity contribution in [2.45, 2.75) is 20.4 Å². The number of hydrogen-bond donors (Lipinski definition) is 1. The molecule has 4 aromatic rings. The number of benzene rings is 3. The summed E-state index contributed by atoms with van der Waals surface area (Å²) in [4.78, 5) is 24.8. The van der Waals surface area contributed by atoms with E-state index in [9.17, 15) is 14.9 Å². The Morgan fingerprint density at radius 3 is 2.49 bits per heavy atom. The first-order valence-electron chi connectivity index (χ1n) is 11.1. The number of carbonyl (C=O) groups excluding carboxylic acids is 2. The van der Waals surface area contributed by atoms with Gasteiger partial charge in [-0.3, -0.25) is 4.79 Å². The highest BCUT2D eigenvalue weighted by Gasteiger charge is 2.14. The summed E-state index contributed by atoms with van der Waals surface area (Å²) in [5, 5.41) is 13.5. The van der Waals surface area contributed by atoms with Gasteiger partial charge in [0.15, 0.2) is 0 Å². The quantitative estimate of drug-likeness (QED) is 0.228. The van der Waals surface area contributed by atoms with Gasteiger partial charge in [-0.1, -0.05) is 36.4 Å². The number of nitrogens with zero attached hydrogens (tertiary/aromatic N) is 2. The molecule has 0 unspecified atom stereocenters. The fourth-order valence-electron chi connectivity index (χ4n) is 4.18. The van der Waals surface area contributed by atoms with Crippen molar-refractivity contribution in [1.29, 1.82) is 5.26 Å². The van der Waals surface area contributed by atoms with Gasteiger partial charge in [-0.2, -0.15) is 5.26 Å². The number of rotatable bonds is 6. The number of aromatic nitrogens is 1. The van der Waals surface area contributed by atoms with Crippen LogP contribution in [0.1, 0.15) is 32.6 Å². The average Bonchev–Trinajstić information content (AvgIpc) is 3.18. The van der Waals surface area contributed by atoms with Crippen LogP contribution in [0.25, 0.3) is 17.0 Å². The molecule has 6 heteroatoms. The molecule has 0 bridgehead atoms. The van der Waals surface area contributed by atoms with Gasteiger partial charge in [0.1, 0.15) is 11.6 Å². The molecule has 174 valence electrons. The minimum atomic E-state index is -0.458. The maximum atomic E-state index is 12.9. The summed E-state index contributed by atoms with van der Waals surface area (Å²) >= 11 is 0. The van der Waals surface area contributed by atoms with E-state index < -0.39 is 5.91 Å². The second-order valence-electron chi connectivity index (χ2n) is 8.42. The number of nitriles is 1. The first-order chi connectivity index (χ1) is 16.9. The van der Waals surface area contributed by atoms with E-state index in [1.807, 2.05) is 85.3 Å². The third-order valence-electron chi connectivity index (χ3n) is 5.66. The highest BCUT2D eigenvalue weighted by atomic mass is 16.5. The summed E-state index contributed by atoms with van der Waals surface area (Å²) in [6, 6.07) is 22.9. The van der Waals surface area contributed by atoms with Crippen molar-refractivity contribution in [2.24, 2.45) is 0 Å². The lowest BCUT2D eigenvalue weighted by Gasteiger charge is -2.07. The summed E-state index contributed by atoms with van der Waals surface area (Å²) in [6.07, 6.45) is 3.53. The Balaban J connectivity index is 1.67. The number of hydrogen-bond acceptors (Lipinski definition) is 4. The molecule has 3 aromatic carbocycles. The van der Waals surface area contributed by atoms with Crippen molar-refractivity contribution in [3.8, 4) is 6.07 Å². The molecular weight excluding hydrogens is 438 g/mol. The maximum Gasteiger partial charge on any atom is 0.337 e. The number of methoxy groups -OCH3 is 1. The molecule has 1 amide bonds. The zero-order valence-electron chi connectivity index (χ0n) is 19.8. The summed E-state index contributed by atoms with van der Waals surface area (Å²) in [5.74, 6) is -0.846. The van der Waals surface area contributed by atoms with Crippen LogP contribution in [0.3, 0.4) is 0 Å². The molecule has 0 aliphatic rings. The monoisotopic (exact) mass is 463 g/mol. The van der Waals surface area contributed by atoms with Gasteiger partial charge >= 0.3 is 5.97 Å². The second kappa shape index (κ2) is 10.1. The Bertz CT molecular complexity index is 1490. The van der Waals surface area contributed by atoms with Crippen LogP contribution in [0.15, 0.2) is 78.5 Å². The second-order valence-corrected chi connectivity index (χ2v) is 8.42. The van der Waals surface area contributed by atoms with Crippen molar-refractivity contribution in [2.75, 3.05) is 12.4 Å². The largest absolute Gasteiger partial charge is 0.465 e. The van der Waals surface area contributed by atoms with Gasteiger partial charge in [0.05, 0.1) is 12.7 Å². The molecule has 0 atom stereocenters. The van der Waals surface area contributed by atoms with Crippen molar-refractivity contribution in [3.05, 3.63) is 106 Å². The van der Waals surface area contributed by atoms with E-state index in [2.05, 4.69) is 5.32 Å². The molecule has 0 saturated heterocycles. The fourth-order valence-corrected chi connectivity index (χ4v) is 4.18. The Kier molecular flexibility index (Phi) is 6.79. The number of para-hydroxylation sites is 1. The molecule has 35 heavy (non-hydrogen) atoms. The van der Waals surface area contributed by atoms with Crippen LogP contribution >= 0.6 is 0 Å². The van der Waals surface area contributed by atoms with Crippen LogP contribution in [0.5, 0.6) is 0 Å². The van der Waals surface area contributed by atoms with E-state index in [4.69, 9.17) is 4.74 Å². The molecule has 0 fully saturated rings. The minimum absolute atomic E-state index is 0.0137. The number of aryl methyl sites for hydroxylation is 2. The predicted octanol–water partition coefficient (Wildman–Crippen LogP) is 5.64. The molecule has 0 saturated carbocycles. The lowest BCUT2D eigenvalue weighted by atomic mass is 10.1. The molecule has 1 aromatic heterocycles. The van der Waals surface area contributed by atoms with E-state index in [0.29, 0.717) is 17.8 Å². The highest BCUT2D eigenvalue weighted by Crippen LogP contribution is 2.25. The molecule has 1 heterocycles. The number of carbonyl (C=O) groups is 2. The first kappa shape index (κ1) is 23.5. The van der Waals surface area contributed by atoms with Crippen LogP contribution in [-0.2, 0) is 16.1 Å². The van der Waals surface area contributed by atoms with Crippen LogP contribution < -0.4 is 5.32 Å². The number of amides is 1. The van der Waals surface area contributed by atoms with Gasteiger partial charge in [-0.25, -0.2) is 4.79 Å². The normalized spacial score (nSPS) is 11.2. The molecule has 0 aliphatic carbocycles. The van der Waals surface area contributed by atoms with E-state index in [-0.39, 0.29) is 11.5 Å². The number of fused-ring (bicyclic) bond motifs is 1. The fraction of sp³-hybridized carbons (Fsp3) is 0.138. The molecular formula is C29H25N3O3. The molecule has 0 spiro atoms. The molecule has 1 N–H and O–H groups in total. The van der Waals surface area contributed by atoms with Gasteiger partial charge in [-0.05, 0) is 66.9 Å². The molecule has 0 aliphatic heterocycles. The average molecular weight is 464 g/mol. The van der Waals surface area contributed by atoms with E-state index in [1.165, 1.54) is 7.11 Å². The first-order valence-corrected chi connectivity index (χ1v) is 11.1. The summed E-state index contributed by atoms with van der Waals surface area (Å²) in [6.45, 7) is 4.43. The lowest BCUT2D eigenvalue weighted by Crippen LogP contribution is -2.13. The number of nitrogens with one attached hydrogen (secondary N) is 1. The molecule has 4 rings (SSSR count). The van der Waals surface area contributed by atoms with Crippen LogP contribution in [-0.4, -0.2) is 23.6 Å². The number of ether oxygens (including phenoxy) is 1. The van der Waals surface area contributed by atoms with Crippen LogP contribution in [0.2, 0.25) is 0 Å². The third kappa shape index (κ3) is 5.31. The lowest BCUT2D eigenvalue weighted by molar-refractivity contribution is -0.112. The van der Waals surface area contributed by atoms with E-state index >= 15 is 0 Å². The Labute approximate surface area is 204 Å². The Morgan fingerprint density at radius 2 is 1.77 bits per heavy atom. The standard InChI is InChI=1S/C29H25N3O3/c1-19-11-20(2)13-25(12-19)31-28(33)23(16-30)15-24-18-32(27-10-5-4-9-26(24)27)17-21-7-6-8-22(14-21)29(34)35-3/h4-15,18H,17H2,1-3H3,(H,31,33)/b23-15-. The predicted molar refractivity (Wildman–Crippen MR) is 137 cm³/mol.